The molecule has 0 aliphatic heterocycles. The predicted molar refractivity (Wildman–Crippen MR) is 83.0 cm³/mol. The molecule has 1 radical (unpaired) electrons. The molecule has 0 aliphatic carbocycles. The van der Waals surface area contributed by atoms with Crippen LogP contribution in [0, 0.1) is 15.5 Å². The summed E-state index contributed by atoms with van der Waals surface area (Å²) in [6.45, 7) is 1.13. The molecule has 1 aromatic carbocycles. The number of rotatable bonds is 4. The molecule has 0 N–H and O–H groups in total. The normalized spacial score (nSPS) is 10.6. The van der Waals surface area contributed by atoms with Crippen molar-refractivity contribution >= 4 is 22.6 Å². The molecule has 0 atom stereocenters. The van der Waals surface area contributed by atoms with E-state index in [-0.39, 0.29) is 38.4 Å². The maximum absolute atomic E-state index is 13.3. The van der Waals surface area contributed by atoms with E-state index < -0.39 is 24.3 Å². The molecule has 2 nitrogen and oxygen atoms in total. The minimum atomic E-state index is -2.65. The summed E-state index contributed by atoms with van der Waals surface area (Å²) in [6, 6.07) is 8.41. The van der Waals surface area contributed by atoms with Gasteiger partial charge in [-0.1, -0.05) is 23.7 Å². The molecule has 22 heavy (non-hydrogen) atoms. The molecule has 7 heteroatoms. The van der Waals surface area contributed by atoms with E-state index in [0.717, 1.165) is 4.57 Å². The zero-order chi connectivity index (χ0) is 15.6. The van der Waals surface area contributed by atoms with E-state index in [4.69, 9.17) is 0 Å². The van der Waals surface area contributed by atoms with Gasteiger partial charge >= 0.3 is 0 Å². The van der Waals surface area contributed by atoms with Crippen LogP contribution in [0.2, 0.25) is 0 Å². The van der Waals surface area contributed by atoms with Gasteiger partial charge in [0.25, 0.3) is 6.43 Å². The Bertz CT molecular complexity index is 718. The van der Waals surface area contributed by atoms with Crippen LogP contribution in [-0.2, 0) is 45.7 Å². The van der Waals surface area contributed by atoms with Gasteiger partial charge in [0.05, 0.1) is 6.54 Å². The summed E-state index contributed by atoms with van der Waals surface area (Å²) >= 11 is 1.79. The molecule has 0 unspecified atom stereocenters. The van der Waals surface area contributed by atoms with Gasteiger partial charge in [-0.25, -0.2) is 13.2 Å². The average molecular weight is 495 g/mol. The summed E-state index contributed by atoms with van der Waals surface area (Å²) in [5, 5.41) is 0. The Kier molecular flexibility index (Phi) is 7.75. The van der Waals surface area contributed by atoms with Crippen molar-refractivity contribution in [3.8, 4) is 11.3 Å². The maximum atomic E-state index is 13.3. The molecule has 0 saturated heterocycles. The Morgan fingerprint density at radius 3 is 2.64 bits per heavy atom. The number of halogens is 4. The second kappa shape index (κ2) is 8.59. The van der Waals surface area contributed by atoms with Crippen LogP contribution in [0.4, 0.5) is 13.2 Å². The van der Waals surface area contributed by atoms with Gasteiger partial charge < -0.3 is 4.57 Å². The van der Waals surface area contributed by atoms with E-state index in [1.165, 1.54) is 24.3 Å². The molecular weight excluding hydrogens is 483 g/mol. The monoisotopic (exact) mass is 495 g/mol. The Labute approximate surface area is 165 Å². The Morgan fingerprint density at radius 1 is 1.36 bits per heavy atom. The number of benzene rings is 1. The zero-order valence-electron chi connectivity index (χ0n) is 11.7. The first-order chi connectivity index (χ1) is 9.93. The van der Waals surface area contributed by atoms with Crippen molar-refractivity contribution in [3.05, 3.63) is 55.6 Å². The summed E-state index contributed by atoms with van der Waals surface area (Å²) in [5.41, 5.74) is 0.969. The largest absolute Gasteiger partial charge is 0.336 e. The van der Waals surface area contributed by atoms with Crippen molar-refractivity contribution in [2.75, 3.05) is 0 Å². The average Bonchev–Trinajstić information content (AvgIpc) is 2.44. The third kappa shape index (κ3) is 4.42. The summed E-state index contributed by atoms with van der Waals surface area (Å²) in [7, 11) is 0. The van der Waals surface area contributed by atoms with Gasteiger partial charge in [-0.15, -0.1) is 28.7 Å². The summed E-state index contributed by atoms with van der Waals surface area (Å²) in [4.78, 5) is 12.1. The molecule has 0 fully saturated rings. The minimum absolute atomic E-state index is 0. The van der Waals surface area contributed by atoms with Crippen LogP contribution in [0.3, 0.4) is 0 Å². The molecule has 2 aromatic rings. The van der Waals surface area contributed by atoms with E-state index >= 15 is 0 Å². The Balaban J connectivity index is 0.00000242. The standard InChI is InChI=1S/C15H12F3INO.Y/c1-2-9-7-10(16)3-4-11(9)13-6-5-12(19)15(21)20(13)8-14(17)18;/h3-5,7,14H,2,8H2,1H3;/q-1;. The van der Waals surface area contributed by atoms with E-state index in [2.05, 4.69) is 6.07 Å². The molecule has 0 aliphatic rings. The van der Waals surface area contributed by atoms with Gasteiger partial charge in [0.15, 0.2) is 0 Å². The number of hydrogen-bond acceptors (Lipinski definition) is 1. The fraction of sp³-hybridized carbons (Fsp3) is 0.267. The predicted octanol–water partition coefficient (Wildman–Crippen LogP) is 3.88. The molecular formula is C15H12F3INOY-. The van der Waals surface area contributed by atoms with Gasteiger partial charge in [-0.2, -0.15) is 12.1 Å². The van der Waals surface area contributed by atoms with Crippen LogP contribution in [0.1, 0.15) is 12.5 Å². The van der Waals surface area contributed by atoms with Crippen LogP contribution in [0.5, 0.6) is 0 Å². The van der Waals surface area contributed by atoms with Gasteiger partial charge in [0.2, 0.25) is 5.56 Å². The van der Waals surface area contributed by atoms with Crippen LogP contribution >= 0.6 is 22.6 Å². The first kappa shape index (κ1) is 19.8. The number of alkyl halides is 2. The molecule has 1 aromatic heterocycles. The third-order valence-electron chi connectivity index (χ3n) is 3.08. The minimum Gasteiger partial charge on any atom is -0.336 e. The molecule has 0 spiro atoms. The van der Waals surface area contributed by atoms with Crippen molar-refractivity contribution in [1.29, 1.82) is 0 Å². The Hall–Kier alpha value is -0.206. The van der Waals surface area contributed by atoms with Gasteiger partial charge in [0.1, 0.15) is 5.82 Å². The van der Waals surface area contributed by atoms with Crippen molar-refractivity contribution in [2.24, 2.45) is 0 Å². The number of hydrogen-bond donors (Lipinski definition) is 0. The first-order valence-electron chi connectivity index (χ1n) is 6.32. The van der Waals surface area contributed by atoms with Crippen LogP contribution in [0.15, 0.2) is 29.1 Å². The van der Waals surface area contributed by atoms with E-state index in [0.29, 0.717) is 21.1 Å². The number of pyridine rings is 1. The smallest absolute Gasteiger partial charge is 0.256 e. The fourth-order valence-corrected chi connectivity index (χ4v) is 2.57. The molecule has 2 rings (SSSR count). The van der Waals surface area contributed by atoms with Crippen LogP contribution in [0.25, 0.3) is 11.3 Å². The molecule has 0 bridgehead atoms. The second-order valence-corrected chi connectivity index (χ2v) is 5.61. The second-order valence-electron chi connectivity index (χ2n) is 4.45. The number of aryl methyl sites for hydroxylation is 1. The fourth-order valence-electron chi connectivity index (χ4n) is 2.12. The number of nitrogens with zero attached hydrogens (tertiary/aromatic N) is 1. The van der Waals surface area contributed by atoms with Crippen molar-refractivity contribution in [3.63, 3.8) is 0 Å². The van der Waals surface area contributed by atoms with Gasteiger partial charge in [-0.3, -0.25) is 4.79 Å². The van der Waals surface area contributed by atoms with E-state index in [9.17, 15) is 18.0 Å². The topological polar surface area (TPSA) is 22.0 Å². The quantitative estimate of drug-likeness (QED) is 0.467. The first-order valence-corrected chi connectivity index (χ1v) is 7.40. The van der Waals surface area contributed by atoms with E-state index in [1.807, 2.05) is 6.92 Å². The molecule has 115 valence electrons. The SMILES string of the molecule is CCc1cc(F)ccc1-c1[c-]cc(I)c(=O)n1CC(F)F.[Y]. The van der Waals surface area contributed by atoms with Crippen molar-refractivity contribution in [1.82, 2.24) is 4.57 Å². The summed E-state index contributed by atoms with van der Waals surface area (Å²) < 4.78 is 40.1. The molecule has 0 amide bonds. The van der Waals surface area contributed by atoms with Crippen molar-refractivity contribution in [2.45, 2.75) is 26.3 Å². The Morgan fingerprint density at radius 2 is 2.05 bits per heavy atom. The van der Waals surface area contributed by atoms with Gasteiger partial charge in [0, 0.05) is 32.7 Å². The molecule has 0 saturated carbocycles. The summed E-state index contributed by atoms with van der Waals surface area (Å²) in [5.74, 6) is -0.399. The maximum Gasteiger partial charge on any atom is 0.256 e. The van der Waals surface area contributed by atoms with Gasteiger partial charge in [-0.05, 0) is 22.1 Å². The van der Waals surface area contributed by atoms with Crippen molar-refractivity contribution < 1.29 is 45.9 Å². The number of aromatic nitrogens is 1. The third-order valence-corrected chi connectivity index (χ3v) is 3.85. The van der Waals surface area contributed by atoms with E-state index in [1.54, 1.807) is 22.6 Å². The van der Waals surface area contributed by atoms with Crippen LogP contribution < -0.4 is 5.56 Å². The zero-order valence-corrected chi connectivity index (χ0v) is 16.7. The van der Waals surface area contributed by atoms with Crippen LogP contribution in [-0.4, -0.2) is 11.0 Å². The molecule has 1 heterocycles. The summed E-state index contributed by atoms with van der Waals surface area (Å²) in [6.07, 6.45) is -2.13.